The molecule has 14 heavy (non-hydrogen) atoms. The van der Waals surface area contributed by atoms with Crippen LogP contribution in [0.3, 0.4) is 0 Å². The van der Waals surface area contributed by atoms with Gasteiger partial charge in [0.1, 0.15) is 6.04 Å². The number of carbonyl (C=O) groups is 1. The molecule has 82 valence electrons. The Bertz CT molecular complexity index is 219. The van der Waals surface area contributed by atoms with Crippen LogP contribution in [0.15, 0.2) is 0 Å². The molecule has 1 amide bonds. The molecule has 0 radical (unpaired) electrons. The minimum Gasteiger partial charge on any atom is -0.358 e. The van der Waals surface area contributed by atoms with Crippen molar-refractivity contribution >= 4 is 5.91 Å². The molecule has 1 aliphatic heterocycles. The Morgan fingerprint density at radius 1 is 1.36 bits per heavy atom. The Labute approximate surface area is 86.2 Å². The highest BCUT2D eigenvalue weighted by Crippen LogP contribution is 2.18. The van der Waals surface area contributed by atoms with E-state index in [-0.39, 0.29) is 18.0 Å². The smallest absolute Gasteiger partial charge is 0.238 e. The van der Waals surface area contributed by atoms with E-state index in [1.165, 1.54) is 0 Å². The van der Waals surface area contributed by atoms with Crippen molar-refractivity contribution in [1.82, 2.24) is 15.1 Å². The molecule has 1 N–H and O–H groups in total. The number of rotatable bonds is 1. The van der Waals surface area contributed by atoms with E-state index in [1.54, 1.807) is 7.05 Å². The zero-order valence-corrected chi connectivity index (χ0v) is 9.74. The molecule has 1 fully saturated rings. The van der Waals surface area contributed by atoms with E-state index in [9.17, 15) is 4.79 Å². The summed E-state index contributed by atoms with van der Waals surface area (Å²) in [5.74, 6) is 0.110. The van der Waals surface area contributed by atoms with Gasteiger partial charge in [-0.2, -0.15) is 0 Å². The van der Waals surface area contributed by atoms with Crippen molar-refractivity contribution in [1.29, 1.82) is 0 Å². The third-order valence-corrected chi connectivity index (χ3v) is 3.34. The Balaban J connectivity index is 2.78. The van der Waals surface area contributed by atoms with Gasteiger partial charge in [-0.3, -0.25) is 14.6 Å². The summed E-state index contributed by atoms with van der Waals surface area (Å²) in [6.45, 7) is 5.23. The molecule has 0 saturated carbocycles. The molecule has 3 atom stereocenters. The highest BCUT2D eigenvalue weighted by atomic mass is 16.2. The fraction of sp³-hybridized carbons (Fsp3) is 0.900. The summed E-state index contributed by atoms with van der Waals surface area (Å²) >= 11 is 0. The van der Waals surface area contributed by atoms with Crippen molar-refractivity contribution in [2.75, 3.05) is 27.7 Å². The summed E-state index contributed by atoms with van der Waals surface area (Å²) in [6, 6.07) is 0.751. The SMILES string of the molecule is CC1C(C(=O)N[13CH3])N([13CH3])[13CH2][13CH]([13CH3])N1[13CH3]. The van der Waals surface area contributed by atoms with Crippen LogP contribution in [0.4, 0.5) is 0 Å². The molecule has 0 bridgehead atoms. The van der Waals surface area contributed by atoms with Gasteiger partial charge in [-0.25, -0.2) is 0 Å². The molecular formula is C10H21N3O. The summed E-state index contributed by atoms with van der Waals surface area (Å²) < 4.78 is 0. The third-order valence-electron chi connectivity index (χ3n) is 3.34. The highest BCUT2D eigenvalue weighted by molar-refractivity contribution is 5.82. The normalized spacial score (nSPS) is 35.6. The molecule has 0 aliphatic carbocycles. The molecule has 0 aromatic carbocycles. The molecule has 3 unspecified atom stereocenters. The first-order valence-corrected chi connectivity index (χ1v) is 5.12. The van der Waals surface area contributed by atoms with Crippen LogP contribution in [-0.2, 0) is 4.79 Å². The predicted octanol–water partition coefficient (Wildman–Crippen LogP) is -0.245. The zero-order chi connectivity index (χ0) is 10.9. The van der Waals surface area contributed by atoms with Gasteiger partial charge in [0.25, 0.3) is 0 Å². The van der Waals surface area contributed by atoms with Crippen molar-refractivity contribution in [3.8, 4) is 0 Å². The van der Waals surface area contributed by atoms with Gasteiger partial charge in [0.2, 0.25) is 5.91 Å². The van der Waals surface area contributed by atoms with Crippen LogP contribution in [-0.4, -0.2) is 61.5 Å². The molecule has 1 rings (SSSR count). The van der Waals surface area contributed by atoms with E-state index < -0.39 is 0 Å². The topological polar surface area (TPSA) is 35.6 Å². The van der Waals surface area contributed by atoms with Crippen LogP contribution >= 0.6 is 0 Å². The maximum absolute atomic E-state index is 11.7. The fourth-order valence-electron chi connectivity index (χ4n) is 2.22. The number of hydrogen-bond acceptors (Lipinski definition) is 3. The van der Waals surface area contributed by atoms with Crippen molar-refractivity contribution in [3.63, 3.8) is 0 Å². The zero-order valence-electron chi connectivity index (χ0n) is 9.74. The molecule has 1 heterocycles. The number of carbonyl (C=O) groups excluding carboxylic acids is 1. The Kier molecular flexibility index (Phi) is 3.50. The molecule has 0 aromatic heterocycles. The second-order valence-electron chi connectivity index (χ2n) is 4.25. The summed E-state index contributed by atoms with van der Waals surface area (Å²) in [7, 11) is 5.79. The first-order chi connectivity index (χ1) is 6.49. The number of piperazine rings is 1. The Morgan fingerprint density at radius 2 is 1.93 bits per heavy atom. The standard InChI is InChI=1S/C10H21N3O/c1-7-6-12(4)9(10(14)11-3)8(2)13(7)5/h7-9H,6H2,1-5H3,(H,11,14)/i1+1,3+1,4+1,5+1,6+1,7+1. The van der Waals surface area contributed by atoms with Gasteiger partial charge in [-0.1, -0.05) is 0 Å². The number of hydrogen-bond donors (Lipinski definition) is 1. The van der Waals surface area contributed by atoms with E-state index in [4.69, 9.17) is 0 Å². The molecule has 4 heteroatoms. The third kappa shape index (κ3) is 1.91. The number of nitrogens with one attached hydrogen (secondary N) is 1. The second-order valence-corrected chi connectivity index (χ2v) is 4.25. The van der Waals surface area contributed by atoms with Gasteiger partial charge in [0, 0.05) is 25.7 Å². The maximum Gasteiger partial charge on any atom is 0.238 e. The number of nitrogens with zero attached hydrogens (tertiary/aromatic N) is 2. The summed E-state index contributed by atoms with van der Waals surface area (Å²) in [6.07, 6.45) is 0. The molecule has 1 saturated heterocycles. The summed E-state index contributed by atoms with van der Waals surface area (Å²) in [5.41, 5.74) is 0. The average molecular weight is 205 g/mol. The van der Waals surface area contributed by atoms with Gasteiger partial charge in [0.15, 0.2) is 0 Å². The van der Waals surface area contributed by atoms with Crippen LogP contribution < -0.4 is 5.32 Å². The lowest BCUT2D eigenvalue weighted by atomic mass is 10.1. The van der Waals surface area contributed by atoms with E-state index >= 15 is 0 Å². The van der Waals surface area contributed by atoms with E-state index in [0.717, 1.165) is 6.54 Å². The van der Waals surface area contributed by atoms with Gasteiger partial charge in [-0.15, -0.1) is 0 Å². The maximum atomic E-state index is 11.7. The molecule has 0 spiro atoms. The minimum absolute atomic E-state index is 0.0267. The van der Waals surface area contributed by atoms with Crippen LogP contribution in [0.1, 0.15) is 13.8 Å². The first-order valence-electron chi connectivity index (χ1n) is 5.12. The summed E-state index contributed by atoms with van der Waals surface area (Å²) in [4.78, 5) is 16.1. The van der Waals surface area contributed by atoms with Crippen molar-refractivity contribution in [2.24, 2.45) is 0 Å². The first kappa shape index (κ1) is 11.5. The van der Waals surface area contributed by atoms with Crippen LogP contribution in [0.25, 0.3) is 0 Å². The lowest BCUT2D eigenvalue weighted by Gasteiger charge is -2.46. The molecule has 4 nitrogen and oxygen atoms in total. The quantitative estimate of drug-likeness (QED) is 0.600. The second kappa shape index (κ2) is 4.28. The van der Waals surface area contributed by atoms with Gasteiger partial charge >= 0.3 is 0 Å². The number of amides is 1. The molecule has 0 aromatic rings. The van der Waals surface area contributed by atoms with Crippen LogP contribution in [0, 0.1) is 0 Å². The Morgan fingerprint density at radius 3 is 2.43 bits per heavy atom. The lowest BCUT2D eigenvalue weighted by Crippen LogP contribution is -2.63. The Hall–Kier alpha value is -0.610. The van der Waals surface area contributed by atoms with Gasteiger partial charge < -0.3 is 5.32 Å². The monoisotopic (exact) mass is 205 g/mol. The van der Waals surface area contributed by atoms with E-state index in [2.05, 4.69) is 36.0 Å². The van der Waals surface area contributed by atoms with Crippen LogP contribution in [0.5, 0.6) is 0 Å². The average Bonchev–Trinajstić information content (AvgIpc) is 2.14. The minimum atomic E-state index is -0.0267. The largest absolute Gasteiger partial charge is 0.358 e. The van der Waals surface area contributed by atoms with Crippen molar-refractivity contribution in [2.45, 2.75) is 32.0 Å². The molecule has 1 aliphatic rings. The molecular weight excluding hydrogens is 184 g/mol. The summed E-state index contributed by atoms with van der Waals surface area (Å²) in [5, 5.41) is 2.72. The number of likely N-dealkylation sites (N-methyl/N-ethyl adjacent to an activating group) is 3. The van der Waals surface area contributed by atoms with E-state index in [0.29, 0.717) is 6.04 Å². The lowest BCUT2D eigenvalue weighted by molar-refractivity contribution is -0.130. The fourth-order valence-corrected chi connectivity index (χ4v) is 2.22. The van der Waals surface area contributed by atoms with Gasteiger partial charge in [0.05, 0.1) is 0 Å². The van der Waals surface area contributed by atoms with E-state index in [1.807, 2.05) is 7.05 Å². The van der Waals surface area contributed by atoms with Crippen LogP contribution in [0.2, 0.25) is 0 Å². The van der Waals surface area contributed by atoms with Crippen molar-refractivity contribution in [3.05, 3.63) is 0 Å². The predicted molar refractivity (Wildman–Crippen MR) is 57.2 cm³/mol. The van der Waals surface area contributed by atoms with Gasteiger partial charge in [-0.05, 0) is 27.9 Å². The van der Waals surface area contributed by atoms with Crippen molar-refractivity contribution < 1.29 is 4.79 Å². The highest BCUT2D eigenvalue weighted by Gasteiger charge is 2.37.